The number of hydrogen-bond donors (Lipinski definition) is 0. The molecule has 2 aromatic carbocycles. The summed E-state index contributed by atoms with van der Waals surface area (Å²) < 4.78 is 18.4. The van der Waals surface area contributed by atoms with Crippen molar-refractivity contribution in [1.29, 1.82) is 0 Å². The summed E-state index contributed by atoms with van der Waals surface area (Å²) in [5, 5.41) is 7.72. The first-order valence-electron chi connectivity index (χ1n) is 8.61. The van der Waals surface area contributed by atoms with Crippen LogP contribution in [0.25, 0.3) is 11.5 Å². The molecule has 1 aromatic heterocycles. The number of nitrogens with zero attached hydrogens (tertiary/aromatic N) is 3. The zero-order chi connectivity index (χ0) is 17.9. The molecule has 0 N–H and O–H groups in total. The fraction of sp³-hybridized carbons (Fsp3) is 0.250. The molecule has 132 valence electrons. The van der Waals surface area contributed by atoms with E-state index in [9.17, 15) is 9.18 Å². The van der Waals surface area contributed by atoms with Gasteiger partial charge in [-0.2, -0.15) is 0 Å². The topological polar surface area (TPSA) is 59.2 Å². The lowest BCUT2D eigenvalue weighted by Gasteiger charge is -2.38. The summed E-state index contributed by atoms with van der Waals surface area (Å²) in [5.74, 6) is 0.104. The van der Waals surface area contributed by atoms with Gasteiger partial charge >= 0.3 is 11.8 Å². The Morgan fingerprint density at radius 3 is 2.54 bits per heavy atom. The van der Waals surface area contributed by atoms with E-state index in [1.54, 1.807) is 17.0 Å². The van der Waals surface area contributed by atoms with E-state index in [1.165, 1.54) is 17.7 Å². The summed E-state index contributed by atoms with van der Waals surface area (Å²) in [6, 6.07) is 16.1. The minimum atomic E-state index is -0.341. The Kier molecular flexibility index (Phi) is 4.48. The number of aromatic nitrogens is 2. The molecule has 1 amide bonds. The maximum Gasteiger partial charge on any atom is 0.311 e. The molecule has 1 aliphatic heterocycles. The van der Waals surface area contributed by atoms with Crippen molar-refractivity contribution < 1.29 is 13.6 Å². The highest BCUT2D eigenvalue weighted by molar-refractivity contribution is 5.90. The number of amides is 1. The molecular formula is C20H18FN3O2. The monoisotopic (exact) mass is 351 g/mol. The first kappa shape index (κ1) is 16.4. The van der Waals surface area contributed by atoms with Crippen molar-refractivity contribution in [1.82, 2.24) is 15.1 Å². The average Bonchev–Trinajstić information content (AvgIpc) is 3.12. The summed E-state index contributed by atoms with van der Waals surface area (Å²) in [6.07, 6.45) is 2.07. The lowest BCUT2D eigenvalue weighted by atomic mass is 9.92. The molecule has 0 atom stereocenters. The van der Waals surface area contributed by atoms with Crippen molar-refractivity contribution in [2.24, 2.45) is 5.92 Å². The molecule has 0 bridgehead atoms. The molecule has 2 heterocycles. The second-order valence-electron chi connectivity index (χ2n) is 6.52. The zero-order valence-electron chi connectivity index (χ0n) is 14.1. The lowest BCUT2D eigenvalue weighted by Crippen LogP contribution is -2.50. The van der Waals surface area contributed by atoms with Crippen molar-refractivity contribution in [3.05, 3.63) is 71.9 Å². The van der Waals surface area contributed by atoms with Crippen LogP contribution < -0.4 is 0 Å². The highest BCUT2D eigenvalue weighted by atomic mass is 19.1. The van der Waals surface area contributed by atoms with Gasteiger partial charge < -0.3 is 9.32 Å². The molecule has 5 nitrogen and oxygen atoms in total. The van der Waals surface area contributed by atoms with Gasteiger partial charge in [0.2, 0.25) is 5.89 Å². The van der Waals surface area contributed by atoms with Gasteiger partial charge in [0, 0.05) is 18.7 Å². The SMILES string of the molecule is O=C(c1nnc(-c2ccc(F)cc2)o1)N1CC(CCc2ccccc2)C1. The van der Waals surface area contributed by atoms with Crippen LogP contribution in [0.1, 0.15) is 22.7 Å². The predicted molar refractivity (Wildman–Crippen MR) is 93.8 cm³/mol. The second kappa shape index (κ2) is 7.07. The van der Waals surface area contributed by atoms with Crippen LogP contribution in [0.2, 0.25) is 0 Å². The minimum Gasteiger partial charge on any atom is -0.412 e. The number of rotatable bonds is 5. The highest BCUT2D eigenvalue weighted by Crippen LogP contribution is 2.24. The largest absolute Gasteiger partial charge is 0.412 e. The van der Waals surface area contributed by atoms with E-state index >= 15 is 0 Å². The Labute approximate surface area is 150 Å². The predicted octanol–water partition coefficient (Wildman–Crippen LogP) is 3.58. The molecule has 0 spiro atoms. The molecule has 26 heavy (non-hydrogen) atoms. The number of carbonyl (C=O) groups is 1. The van der Waals surface area contributed by atoms with Crippen molar-refractivity contribution in [2.75, 3.05) is 13.1 Å². The molecule has 1 fully saturated rings. The number of halogens is 1. The van der Waals surface area contributed by atoms with E-state index in [1.807, 2.05) is 18.2 Å². The third-order valence-corrected chi connectivity index (χ3v) is 4.63. The van der Waals surface area contributed by atoms with Gasteiger partial charge in [0.15, 0.2) is 0 Å². The smallest absolute Gasteiger partial charge is 0.311 e. The first-order chi connectivity index (χ1) is 12.7. The molecular weight excluding hydrogens is 333 g/mol. The van der Waals surface area contributed by atoms with Gasteiger partial charge in [0.1, 0.15) is 5.82 Å². The lowest BCUT2D eigenvalue weighted by molar-refractivity contribution is 0.0447. The van der Waals surface area contributed by atoms with E-state index in [0.717, 1.165) is 12.8 Å². The average molecular weight is 351 g/mol. The van der Waals surface area contributed by atoms with Gasteiger partial charge in [-0.15, -0.1) is 10.2 Å². The third kappa shape index (κ3) is 3.49. The summed E-state index contributed by atoms with van der Waals surface area (Å²) in [7, 11) is 0. The van der Waals surface area contributed by atoms with E-state index in [2.05, 4.69) is 22.3 Å². The molecule has 0 saturated carbocycles. The summed E-state index contributed by atoms with van der Waals surface area (Å²) in [5.41, 5.74) is 1.90. The van der Waals surface area contributed by atoms with Gasteiger partial charge in [-0.1, -0.05) is 30.3 Å². The van der Waals surface area contributed by atoms with Gasteiger partial charge in [-0.3, -0.25) is 4.79 Å². The molecule has 0 unspecified atom stereocenters. The van der Waals surface area contributed by atoms with Gasteiger partial charge in [-0.05, 0) is 48.6 Å². The van der Waals surface area contributed by atoms with Crippen molar-refractivity contribution in [3.63, 3.8) is 0 Å². The van der Waals surface area contributed by atoms with Gasteiger partial charge in [0.25, 0.3) is 0 Å². The van der Waals surface area contributed by atoms with Crippen LogP contribution in [-0.4, -0.2) is 34.1 Å². The third-order valence-electron chi connectivity index (χ3n) is 4.63. The van der Waals surface area contributed by atoms with Crippen molar-refractivity contribution in [2.45, 2.75) is 12.8 Å². The number of hydrogen-bond acceptors (Lipinski definition) is 4. The molecule has 1 saturated heterocycles. The fourth-order valence-electron chi connectivity index (χ4n) is 3.09. The van der Waals surface area contributed by atoms with Crippen molar-refractivity contribution >= 4 is 5.91 Å². The van der Waals surface area contributed by atoms with Crippen LogP contribution in [0.3, 0.4) is 0 Å². The highest BCUT2D eigenvalue weighted by Gasteiger charge is 2.33. The van der Waals surface area contributed by atoms with Crippen molar-refractivity contribution in [3.8, 4) is 11.5 Å². The molecule has 6 heteroatoms. The maximum atomic E-state index is 13.0. The quantitative estimate of drug-likeness (QED) is 0.705. The number of carbonyl (C=O) groups excluding carboxylic acids is 1. The van der Waals surface area contributed by atoms with Crippen LogP contribution >= 0.6 is 0 Å². The maximum absolute atomic E-state index is 13.0. The van der Waals surface area contributed by atoms with Crippen LogP contribution in [0.4, 0.5) is 4.39 Å². The van der Waals surface area contributed by atoms with Crippen LogP contribution in [-0.2, 0) is 6.42 Å². The van der Waals surface area contributed by atoms with E-state index in [4.69, 9.17) is 4.42 Å². The standard InChI is InChI=1S/C20H18FN3O2/c21-17-10-8-16(9-11-17)18-22-23-19(26-18)20(25)24-12-15(13-24)7-6-14-4-2-1-3-5-14/h1-5,8-11,15H,6-7,12-13H2. The summed E-state index contributed by atoms with van der Waals surface area (Å²) in [4.78, 5) is 14.1. The molecule has 4 rings (SSSR count). The van der Waals surface area contributed by atoms with E-state index in [-0.39, 0.29) is 23.5 Å². The Hall–Kier alpha value is -3.02. The Morgan fingerprint density at radius 2 is 1.81 bits per heavy atom. The zero-order valence-corrected chi connectivity index (χ0v) is 14.1. The Balaban J connectivity index is 1.31. The molecule has 1 aliphatic rings. The van der Waals surface area contributed by atoms with E-state index < -0.39 is 0 Å². The van der Waals surface area contributed by atoms with Gasteiger partial charge in [-0.25, -0.2) is 4.39 Å². The first-order valence-corrected chi connectivity index (χ1v) is 8.61. The van der Waals surface area contributed by atoms with Crippen LogP contribution in [0.5, 0.6) is 0 Å². The Morgan fingerprint density at radius 1 is 1.08 bits per heavy atom. The molecule has 3 aromatic rings. The molecule has 0 radical (unpaired) electrons. The normalized spacial score (nSPS) is 14.3. The van der Waals surface area contributed by atoms with E-state index in [0.29, 0.717) is 24.6 Å². The van der Waals surface area contributed by atoms with Gasteiger partial charge in [0.05, 0.1) is 0 Å². The van der Waals surface area contributed by atoms with Crippen LogP contribution in [0, 0.1) is 11.7 Å². The minimum absolute atomic E-state index is 0.0224. The Bertz CT molecular complexity index is 887. The number of benzene rings is 2. The number of aryl methyl sites for hydroxylation is 1. The second-order valence-corrected chi connectivity index (χ2v) is 6.52. The summed E-state index contributed by atoms with van der Waals surface area (Å²) in [6.45, 7) is 1.42. The molecule has 0 aliphatic carbocycles. The number of likely N-dealkylation sites (tertiary alicyclic amines) is 1. The summed E-state index contributed by atoms with van der Waals surface area (Å²) >= 11 is 0. The fourth-order valence-corrected chi connectivity index (χ4v) is 3.09. The van der Waals surface area contributed by atoms with Crippen LogP contribution in [0.15, 0.2) is 59.0 Å².